The van der Waals surface area contributed by atoms with E-state index in [0.717, 1.165) is 0 Å². The maximum Gasteiger partial charge on any atom is 0.105 e. The molecule has 0 saturated heterocycles. The maximum atomic E-state index is 4.92. The summed E-state index contributed by atoms with van der Waals surface area (Å²) >= 11 is 0. The van der Waals surface area contributed by atoms with Crippen molar-refractivity contribution >= 4 is 0 Å². The van der Waals surface area contributed by atoms with E-state index in [1.165, 1.54) is 31.9 Å². The average Bonchev–Trinajstić information content (AvgIpc) is 2.03. The van der Waals surface area contributed by atoms with Crippen molar-refractivity contribution in [2.45, 2.75) is 32.6 Å². The minimum Gasteiger partial charge on any atom is -0.498 e. The first-order chi connectivity index (χ1) is 5.41. The molecular weight excluding hydrogens is 136 g/mol. The van der Waals surface area contributed by atoms with Crippen molar-refractivity contribution in [1.82, 2.24) is 0 Å². The van der Waals surface area contributed by atoms with Crippen LogP contribution in [0.1, 0.15) is 32.6 Å². The number of hydrogen-bond acceptors (Lipinski definition) is 1. The van der Waals surface area contributed by atoms with Crippen LogP contribution in [0.25, 0.3) is 0 Å². The molecule has 0 aliphatic heterocycles. The minimum absolute atomic E-state index is 0.662. The van der Waals surface area contributed by atoms with E-state index in [1.54, 1.807) is 0 Å². The topological polar surface area (TPSA) is 9.23 Å². The highest BCUT2D eigenvalue weighted by Gasteiger charge is 1.80. The number of rotatable bonds is 7. The van der Waals surface area contributed by atoms with Crippen LogP contribution in [0.15, 0.2) is 25.0 Å². The Morgan fingerprint density at radius 2 is 2.09 bits per heavy atom. The van der Waals surface area contributed by atoms with Gasteiger partial charge in [-0.25, -0.2) is 0 Å². The first-order valence-electron chi connectivity index (χ1n) is 4.29. The molecular formula is C10H18O. The van der Waals surface area contributed by atoms with Gasteiger partial charge >= 0.3 is 0 Å². The highest BCUT2D eigenvalue weighted by molar-refractivity contribution is 4.81. The second kappa shape index (κ2) is 9.28. The summed E-state index contributed by atoms with van der Waals surface area (Å²) in [6, 6.07) is 0. The third-order valence-electron chi connectivity index (χ3n) is 1.45. The van der Waals surface area contributed by atoms with Gasteiger partial charge in [0, 0.05) is 0 Å². The first kappa shape index (κ1) is 10.3. The lowest BCUT2D eigenvalue weighted by molar-refractivity contribution is 0.291. The third-order valence-corrected chi connectivity index (χ3v) is 1.45. The summed E-state index contributed by atoms with van der Waals surface area (Å²) in [7, 11) is 0. The molecule has 0 atom stereocenters. The predicted molar refractivity (Wildman–Crippen MR) is 49.4 cm³/mol. The molecule has 0 radical (unpaired) electrons. The Morgan fingerprint density at radius 3 is 2.73 bits per heavy atom. The number of unbranched alkanes of at least 4 members (excludes halogenated alkanes) is 3. The number of allylic oxidation sites excluding steroid dienone is 1. The lowest BCUT2D eigenvalue weighted by Gasteiger charge is -1.93. The summed E-state index contributed by atoms with van der Waals surface area (Å²) in [5.41, 5.74) is 0. The summed E-state index contributed by atoms with van der Waals surface area (Å²) < 4.78 is 4.92. The van der Waals surface area contributed by atoms with Gasteiger partial charge < -0.3 is 4.74 Å². The molecule has 0 unspecified atom stereocenters. The van der Waals surface area contributed by atoms with Crippen LogP contribution in [0.2, 0.25) is 0 Å². The van der Waals surface area contributed by atoms with Crippen molar-refractivity contribution in [2.75, 3.05) is 6.61 Å². The Hall–Kier alpha value is -0.720. The number of hydrogen-bond donors (Lipinski definition) is 0. The zero-order valence-corrected chi connectivity index (χ0v) is 7.38. The van der Waals surface area contributed by atoms with Crippen molar-refractivity contribution in [3.05, 3.63) is 25.0 Å². The van der Waals surface area contributed by atoms with Crippen LogP contribution in [0.4, 0.5) is 0 Å². The summed E-state index contributed by atoms with van der Waals surface area (Å²) in [6.45, 7) is 6.33. The van der Waals surface area contributed by atoms with E-state index in [0.29, 0.717) is 6.61 Å². The molecule has 1 nitrogen and oxygen atoms in total. The molecule has 0 saturated carbocycles. The normalized spacial score (nSPS) is 10.3. The van der Waals surface area contributed by atoms with Gasteiger partial charge in [-0.1, -0.05) is 38.5 Å². The Labute approximate surface area is 69.8 Å². The quantitative estimate of drug-likeness (QED) is 0.310. The van der Waals surface area contributed by atoms with Gasteiger partial charge in [0.05, 0.1) is 6.26 Å². The van der Waals surface area contributed by atoms with Crippen molar-refractivity contribution in [3.8, 4) is 0 Å². The van der Waals surface area contributed by atoms with Crippen LogP contribution in [-0.2, 0) is 4.74 Å². The SMILES string of the molecule is C=COC/C=C/CCCCC. The van der Waals surface area contributed by atoms with Crippen LogP contribution >= 0.6 is 0 Å². The average molecular weight is 154 g/mol. The van der Waals surface area contributed by atoms with Crippen molar-refractivity contribution < 1.29 is 4.74 Å². The maximum absolute atomic E-state index is 4.92. The molecule has 0 rings (SSSR count). The van der Waals surface area contributed by atoms with Crippen LogP contribution in [0.3, 0.4) is 0 Å². The van der Waals surface area contributed by atoms with Crippen molar-refractivity contribution in [1.29, 1.82) is 0 Å². The fourth-order valence-electron chi connectivity index (χ4n) is 0.822. The third kappa shape index (κ3) is 9.28. The van der Waals surface area contributed by atoms with E-state index >= 15 is 0 Å². The second-order valence-electron chi connectivity index (χ2n) is 2.47. The minimum atomic E-state index is 0.662. The van der Waals surface area contributed by atoms with Crippen molar-refractivity contribution in [2.24, 2.45) is 0 Å². The van der Waals surface area contributed by atoms with Crippen LogP contribution < -0.4 is 0 Å². The molecule has 0 fully saturated rings. The van der Waals surface area contributed by atoms with E-state index in [4.69, 9.17) is 4.74 Å². The van der Waals surface area contributed by atoms with Gasteiger partial charge in [-0.05, 0) is 12.8 Å². The Morgan fingerprint density at radius 1 is 1.27 bits per heavy atom. The second-order valence-corrected chi connectivity index (χ2v) is 2.47. The lowest BCUT2D eigenvalue weighted by Crippen LogP contribution is -1.79. The monoisotopic (exact) mass is 154 g/mol. The molecule has 11 heavy (non-hydrogen) atoms. The summed E-state index contributed by atoms with van der Waals surface area (Å²) in [4.78, 5) is 0. The van der Waals surface area contributed by atoms with Gasteiger partial charge in [0.25, 0.3) is 0 Å². The van der Waals surface area contributed by atoms with Gasteiger partial charge in [-0.2, -0.15) is 0 Å². The molecule has 0 aromatic rings. The summed E-state index contributed by atoms with van der Waals surface area (Å²) in [6.07, 6.45) is 10.8. The zero-order chi connectivity index (χ0) is 8.36. The smallest absolute Gasteiger partial charge is 0.105 e. The molecule has 0 aromatic heterocycles. The standard InChI is InChI=1S/C10H18O/c1-3-5-6-7-8-9-10-11-4-2/h4,8-9H,2-3,5-7,10H2,1H3/b9-8+. The fourth-order valence-corrected chi connectivity index (χ4v) is 0.822. The zero-order valence-electron chi connectivity index (χ0n) is 7.38. The Bertz CT molecular complexity index is 105. The van der Waals surface area contributed by atoms with E-state index in [9.17, 15) is 0 Å². The summed E-state index contributed by atoms with van der Waals surface area (Å²) in [5.74, 6) is 0. The van der Waals surface area contributed by atoms with Gasteiger partial charge in [-0.15, -0.1) is 0 Å². The highest BCUT2D eigenvalue weighted by atomic mass is 16.5. The molecule has 0 N–H and O–H groups in total. The Kier molecular flexibility index (Phi) is 8.67. The largest absolute Gasteiger partial charge is 0.498 e. The number of ether oxygens (including phenoxy) is 1. The van der Waals surface area contributed by atoms with Gasteiger partial charge in [0.2, 0.25) is 0 Å². The first-order valence-corrected chi connectivity index (χ1v) is 4.29. The fraction of sp³-hybridized carbons (Fsp3) is 0.600. The molecule has 1 heteroatoms. The van der Waals surface area contributed by atoms with Crippen LogP contribution in [0, 0.1) is 0 Å². The molecule has 0 spiro atoms. The molecule has 64 valence electrons. The van der Waals surface area contributed by atoms with Gasteiger partial charge in [0.1, 0.15) is 6.61 Å². The van der Waals surface area contributed by atoms with E-state index in [-0.39, 0.29) is 0 Å². The summed E-state index contributed by atoms with van der Waals surface area (Å²) in [5, 5.41) is 0. The van der Waals surface area contributed by atoms with E-state index < -0.39 is 0 Å². The molecule has 0 aliphatic carbocycles. The van der Waals surface area contributed by atoms with Gasteiger partial charge in [-0.3, -0.25) is 0 Å². The predicted octanol–water partition coefficient (Wildman–Crippen LogP) is 3.28. The molecule has 0 heterocycles. The molecule has 0 aromatic carbocycles. The Balaban J connectivity index is 2.97. The van der Waals surface area contributed by atoms with Gasteiger partial charge in [0.15, 0.2) is 0 Å². The molecule has 0 amide bonds. The van der Waals surface area contributed by atoms with Crippen LogP contribution in [0.5, 0.6) is 0 Å². The van der Waals surface area contributed by atoms with Crippen molar-refractivity contribution in [3.63, 3.8) is 0 Å². The molecule has 0 bridgehead atoms. The van der Waals surface area contributed by atoms with E-state index in [2.05, 4.69) is 19.6 Å². The lowest BCUT2D eigenvalue weighted by atomic mass is 10.2. The molecule has 0 aliphatic rings. The van der Waals surface area contributed by atoms with Crippen LogP contribution in [-0.4, -0.2) is 6.61 Å². The highest BCUT2D eigenvalue weighted by Crippen LogP contribution is 1.99. The van der Waals surface area contributed by atoms with E-state index in [1.807, 2.05) is 6.08 Å².